The number of nitrogens with zero attached hydrogens (tertiary/aromatic N) is 1. The molecule has 0 amide bonds. The van der Waals surface area contributed by atoms with E-state index in [1.54, 1.807) is 12.1 Å². The van der Waals surface area contributed by atoms with Gasteiger partial charge in [-0.2, -0.15) is 0 Å². The third kappa shape index (κ3) is 3.76. The van der Waals surface area contributed by atoms with E-state index in [0.29, 0.717) is 11.3 Å². The topological polar surface area (TPSA) is 50.2 Å². The molecular weight excluding hydrogens is 269 g/mol. The first-order valence-corrected chi connectivity index (χ1v) is 6.11. The highest BCUT2D eigenvalue weighted by atomic mass is 35.5. The van der Waals surface area contributed by atoms with Crippen LogP contribution in [0.1, 0.15) is 24.2 Å². The van der Waals surface area contributed by atoms with Crippen molar-refractivity contribution in [3.63, 3.8) is 0 Å². The number of carbonyl (C=O) groups is 1. The molecule has 19 heavy (non-hydrogen) atoms. The fourth-order valence-electron chi connectivity index (χ4n) is 1.38. The van der Waals surface area contributed by atoms with Crippen molar-refractivity contribution in [2.24, 2.45) is 0 Å². The van der Waals surface area contributed by atoms with Gasteiger partial charge in [0, 0.05) is 5.56 Å². The van der Waals surface area contributed by atoms with E-state index in [0.717, 1.165) is 0 Å². The van der Waals surface area contributed by atoms with Crippen LogP contribution in [0.4, 0.5) is 4.39 Å². The number of rotatable bonds is 2. The number of pyridine rings is 1. The molecule has 1 aromatic carbocycles. The minimum atomic E-state index is -1.13. The van der Waals surface area contributed by atoms with Crippen LogP contribution in [0.15, 0.2) is 36.4 Å². The number of aromatic nitrogens is 1. The van der Waals surface area contributed by atoms with Crippen molar-refractivity contribution in [2.45, 2.75) is 13.8 Å². The predicted molar refractivity (Wildman–Crippen MR) is 72.9 cm³/mol. The van der Waals surface area contributed by atoms with Crippen LogP contribution in [0.2, 0.25) is 5.15 Å². The Bertz CT molecular complexity index is 570. The average Bonchev–Trinajstić information content (AvgIpc) is 2.41. The Morgan fingerprint density at radius 1 is 1.16 bits per heavy atom. The number of benzene rings is 1. The summed E-state index contributed by atoms with van der Waals surface area (Å²) < 4.78 is 12.7. The van der Waals surface area contributed by atoms with Crippen molar-refractivity contribution in [1.29, 1.82) is 0 Å². The highest BCUT2D eigenvalue weighted by Gasteiger charge is 2.11. The fraction of sp³-hybridized carbons (Fsp3) is 0.143. The van der Waals surface area contributed by atoms with Gasteiger partial charge in [0.15, 0.2) is 0 Å². The molecule has 0 aliphatic rings. The van der Waals surface area contributed by atoms with Gasteiger partial charge in [0.2, 0.25) is 0 Å². The second-order valence-corrected chi connectivity index (χ2v) is 3.70. The van der Waals surface area contributed by atoms with Gasteiger partial charge >= 0.3 is 5.97 Å². The van der Waals surface area contributed by atoms with Crippen LogP contribution in [-0.2, 0) is 0 Å². The molecular formula is C14H13ClFNO2. The van der Waals surface area contributed by atoms with E-state index in [1.807, 2.05) is 13.8 Å². The molecule has 100 valence electrons. The van der Waals surface area contributed by atoms with Gasteiger partial charge in [0.1, 0.15) is 11.0 Å². The molecule has 1 aromatic heterocycles. The summed E-state index contributed by atoms with van der Waals surface area (Å²) >= 11 is 5.74. The van der Waals surface area contributed by atoms with E-state index < -0.39 is 5.97 Å². The lowest BCUT2D eigenvalue weighted by Gasteiger charge is -2.03. The largest absolute Gasteiger partial charge is 0.478 e. The highest BCUT2D eigenvalue weighted by Crippen LogP contribution is 2.22. The zero-order valence-corrected chi connectivity index (χ0v) is 11.3. The van der Waals surface area contributed by atoms with Crippen molar-refractivity contribution in [2.75, 3.05) is 0 Å². The summed E-state index contributed by atoms with van der Waals surface area (Å²) in [6.45, 7) is 4.00. The summed E-state index contributed by atoms with van der Waals surface area (Å²) in [4.78, 5) is 14.7. The standard InChI is InChI=1S/C12H7ClFNO2.C2H6/c13-11-9(12(16)17)5-6-10(15-11)7-1-3-8(14)4-2-7;1-2/h1-6H,(H,16,17);1-2H3. The number of halogens is 2. The monoisotopic (exact) mass is 281 g/mol. The summed E-state index contributed by atoms with van der Waals surface area (Å²) in [5.74, 6) is -1.48. The van der Waals surface area contributed by atoms with Gasteiger partial charge in [0.05, 0.1) is 11.3 Å². The molecule has 0 unspecified atom stereocenters. The van der Waals surface area contributed by atoms with Gasteiger partial charge in [-0.3, -0.25) is 0 Å². The zero-order valence-electron chi connectivity index (χ0n) is 10.5. The highest BCUT2D eigenvalue weighted by molar-refractivity contribution is 6.32. The minimum Gasteiger partial charge on any atom is -0.478 e. The first-order valence-electron chi connectivity index (χ1n) is 5.73. The summed E-state index contributed by atoms with van der Waals surface area (Å²) in [7, 11) is 0. The van der Waals surface area contributed by atoms with Crippen molar-refractivity contribution in [3.05, 3.63) is 52.9 Å². The molecule has 0 radical (unpaired) electrons. The number of hydrogen-bond donors (Lipinski definition) is 1. The van der Waals surface area contributed by atoms with Gasteiger partial charge in [-0.25, -0.2) is 14.2 Å². The Hall–Kier alpha value is -1.94. The molecule has 0 aliphatic heterocycles. The number of carboxylic acids is 1. The van der Waals surface area contributed by atoms with Gasteiger partial charge in [0.25, 0.3) is 0 Å². The SMILES string of the molecule is CC.O=C(O)c1ccc(-c2ccc(F)cc2)nc1Cl. The van der Waals surface area contributed by atoms with Crippen molar-refractivity contribution in [3.8, 4) is 11.3 Å². The predicted octanol–water partition coefficient (Wildman–Crippen LogP) is 4.27. The van der Waals surface area contributed by atoms with Gasteiger partial charge in [-0.15, -0.1) is 0 Å². The van der Waals surface area contributed by atoms with E-state index in [-0.39, 0.29) is 16.5 Å². The fourth-order valence-corrected chi connectivity index (χ4v) is 1.61. The van der Waals surface area contributed by atoms with Crippen LogP contribution in [0.3, 0.4) is 0 Å². The quantitative estimate of drug-likeness (QED) is 0.837. The third-order valence-corrected chi connectivity index (χ3v) is 2.51. The molecule has 5 heteroatoms. The van der Waals surface area contributed by atoms with Crippen molar-refractivity contribution >= 4 is 17.6 Å². The molecule has 0 spiro atoms. The lowest BCUT2D eigenvalue weighted by Crippen LogP contribution is -1.99. The molecule has 3 nitrogen and oxygen atoms in total. The van der Waals surface area contributed by atoms with Crippen LogP contribution < -0.4 is 0 Å². The Kier molecular flexibility index (Phi) is 5.45. The first kappa shape index (κ1) is 15.1. The third-order valence-electron chi connectivity index (χ3n) is 2.22. The maximum Gasteiger partial charge on any atom is 0.338 e. The van der Waals surface area contributed by atoms with Crippen LogP contribution in [0.5, 0.6) is 0 Å². The second kappa shape index (κ2) is 6.85. The molecule has 0 atom stereocenters. The number of hydrogen-bond acceptors (Lipinski definition) is 2. The maximum absolute atomic E-state index is 12.7. The summed E-state index contributed by atoms with van der Waals surface area (Å²) in [6, 6.07) is 8.61. The Labute approximate surface area is 115 Å². The Morgan fingerprint density at radius 2 is 1.74 bits per heavy atom. The molecule has 2 rings (SSSR count). The number of aromatic carboxylic acids is 1. The van der Waals surface area contributed by atoms with Crippen molar-refractivity contribution < 1.29 is 14.3 Å². The molecule has 0 saturated heterocycles. The van der Waals surface area contributed by atoms with Gasteiger partial charge in [-0.05, 0) is 36.4 Å². The lowest BCUT2D eigenvalue weighted by molar-refractivity contribution is 0.0696. The Morgan fingerprint density at radius 3 is 2.21 bits per heavy atom. The smallest absolute Gasteiger partial charge is 0.338 e. The summed E-state index contributed by atoms with van der Waals surface area (Å²) in [6.07, 6.45) is 0. The molecule has 1 heterocycles. The average molecular weight is 282 g/mol. The second-order valence-electron chi connectivity index (χ2n) is 3.35. The molecule has 0 fully saturated rings. The minimum absolute atomic E-state index is 0.0578. The maximum atomic E-state index is 12.7. The van der Waals surface area contributed by atoms with E-state index in [2.05, 4.69) is 4.98 Å². The molecule has 0 bridgehead atoms. The van der Waals surface area contributed by atoms with E-state index in [4.69, 9.17) is 16.7 Å². The molecule has 1 N–H and O–H groups in total. The van der Waals surface area contributed by atoms with Crippen LogP contribution in [-0.4, -0.2) is 16.1 Å². The van der Waals surface area contributed by atoms with E-state index in [9.17, 15) is 9.18 Å². The normalized spacial score (nSPS) is 9.47. The van der Waals surface area contributed by atoms with Crippen molar-refractivity contribution in [1.82, 2.24) is 4.98 Å². The Balaban J connectivity index is 0.000000861. The van der Waals surface area contributed by atoms with Gasteiger partial charge in [-0.1, -0.05) is 25.4 Å². The molecule has 2 aromatic rings. The zero-order chi connectivity index (χ0) is 14.4. The van der Waals surface area contributed by atoms with Crippen LogP contribution in [0, 0.1) is 5.82 Å². The van der Waals surface area contributed by atoms with Crippen LogP contribution in [0.25, 0.3) is 11.3 Å². The van der Waals surface area contributed by atoms with E-state index in [1.165, 1.54) is 24.3 Å². The summed E-state index contributed by atoms with van der Waals surface area (Å²) in [5, 5.41) is 8.71. The number of carboxylic acid groups (broad SMARTS) is 1. The molecule has 0 saturated carbocycles. The van der Waals surface area contributed by atoms with E-state index >= 15 is 0 Å². The van der Waals surface area contributed by atoms with Gasteiger partial charge < -0.3 is 5.11 Å². The molecule has 0 aliphatic carbocycles. The lowest BCUT2D eigenvalue weighted by atomic mass is 10.1. The summed E-state index contributed by atoms with van der Waals surface area (Å²) in [5.41, 5.74) is 1.11. The van der Waals surface area contributed by atoms with Crippen LogP contribution >= 0.6 is 11.6 Å². The first-order chi connectivity index (χ1) is 9.08.